The Morgan fingerprint density at radius 3 is 2.81 bits per heavy atom. The van der Waals surface area contributed by atoms with Crippen molar-refractivity contribution in [3.8, 4) is 5.75 Å². The maximum absolute atomic E-state index is 12.0. The lowest BCUT2D eigenvalue weighted by molar-refractivity contribution is -0.120. The van der Waals surface area contributed by atoms with Crippen molar-refractivity contribution in [3.63, 3.8) is 0 Å². The van der Waals surface area contributed by atoms with Crippen molar-refractivity contribution in [2.45, 2.75) is 38.6 Å². The molecular weight excluding hydrogens is 264 g/mol. The van der Waals surface area contributed by atoms with Gasteiger partial charge in [0.2, 0.25) is 5.91 Å². The molecule has 1 aliphatic heterocycles. The molecule has 0 radical (unpaired) electrons. The van der Waals surface area contributed by atoms with Crippen molar-refractivity contribution in [1.29, 1.82) is 0 Å². The van der Waals surface area contributed by atoms with Gasteiger partial charge in [0.1, 0.15) is 5.75 Å². The van der Waals surface area contributed by atoms with Crippen LogP contribution < -0.4 is 15.4 Å². The highest BCUT2D eigenvalue weighted by Gasteiger charge is 2.23. The van der Waals surface area contributed by atoms with Crippen LogP contribution in [0.5, 0.6) is 5.75 Å². The second-order valence-corrected chi connectivity index (χ2v) is 5.70. The molecule has 2 atom stereocenters. The molecule has 2 N–H and O–H groups in total. The smallest absolute Gasteiger partial charge is 0.224 e. The molecule has 116 valence electrons. The summed E-state index contributed by atoms with van der Waals surface area (Å²) < 4.78 is 5.12. The van der Waals surface area contributed by atoms with E-state index in [0.717, 1.165) is 24.4 Å². The van der Waals surface area contributed by atoms with Crippen LogP contribution in [0, 0.1) is 5.92 Å². The maximum Gasteiger partial charge on any atom is 0.224 e. The van der Waals surface area contributed by atoms with Crippen LogP contribution in [0.15, 0.2) is 24.3 Å². The van der Waals surface area contributed by atoms with Crippen LogP contribution in [0.2, 0.25) is 0 Å². The Bertz CT molecular complexity index is 445. The SMILES string of the molecule is CCC1CCCNC1CNC(=O)Cc1ccc(OC)cc1. The van der Waals surface area contributed by atoms with Gasteiger partial charge in [-0.25, -0.2) is 0 Å². The predicted octanol–water partition coefficient (Wildman–Crippen LogP) is 2.13. The number of piperidine rings is 1. The molecule has 1 fully saturated rings. The number of amides is 1. The fourth-order valence-corrected chi connectivity index (χ4v) is 2.96. The molecule has 0 saturated carbocycles. The molecule has 1 amide bonds. The summed E-state index contributed by atoms with van der Waals surface area (Å²) in [6, 6.07) is 8.07. The van der Waals surface area contributed by atoms with Crippen LogP contribution in [-0.4, -0.2) is 32.1 Å². The molecule has 0 aliphatic carbocycles. The molecule has 1 heterocycles. The van der Waals surface area contributed by atoms with Crippen LogP contribution in [0.3, 0.4) is 0 Å². The second kappa shape index (κ2) is 8.03. The Morgan fingerprint density at radius 1 is 1.38 bits per heavy atom. The molecule has 0 bridgehead atoms. The van der Waals surface area contributed by atoms with E-state index < -0.39 is 0 Å². The number of carbonyl (C=O) groups is 1. The van der Waals surface area contributed by atoms with Crippen molar-refractivity contribution in [1.82, 2.24) is 10.6 Å². The van der Waals surface area contributed by atoms with Gasteiger partial charge in [-0.1, -0.05) is 25.5 Å². The van der Waals surface area contributed by atoms with Crippen LogP contribution in [-0.2, 0) is 11.2 Å². The lowest BCUT2D eigenvalue weighted by atomic mass is 9.88. The summed E-state index contributed by atoms with van der Waals surface area (Å²) >= 11 is 0. The summed E-state index contributed by atoms with van der Waals surface area (Å²) in [6.45, 7) is 4.02. The molecule has 4 heteroatoms. The van der Waals surface area contributed by atoms with Gasteiger partial charge in [-0.05, 0) is 43.0 Å². The van der Waals surface area contributed by atoms with Crippen molar-refractivity contribution < 1.29 is 9.53 Å². The third-order valence-electron chi connectivity index (χ3n) is 4.29. The molecule has 21 heavy (non-hydrogen) atoms. The summed E-state index contributed by atoms with van der Waals surface area (Å²) in [5, 5.41) is 6.58. The average Bonchev–Trinajstić information content (AvgIpc) is 2.54. The highest BCUT2D eigenvalue weighted by atomic mass is 16.5. The Labute approximate surface area is 127 Å². The molecule has 2 rings (SSSR count). The summed E-state index contributed by atoms with van der Waals surface area (Å²) in [5.74, 6) is 1.58. The van der Waals surface area contributed by atoms with E-state index in [1.54, 1.807) is 7.11 Å². The molecule has 1 aromatic carbocycles. The number of hydrogen-bond donors (Lipinski definition) is 2. The Kier molecular flexibility index (Phi) is 6.05. The van der Waals surface area contributed by atoms with Gasteiger partial charge in [0, 0.05) is 12.6 Å². The van der Waals surface area contributed by atoms with Crippen LogP contribution in [0.4, 0.5) is 0 Å². The van der Waals surface area contributed by atoms with E-state index in [2.05, 4.69) is 17.6 Å². The third-order valence-corrected chi connectivity index (χ3v) is 4.29. The Balaban J connectivity index is 1.78. The van der Waals surface area contributed by atoms with E-state index in [1.165, 1.54) is 19.3 Å². The molecule has 1 aliphatic rings. The van der Waals surface area contributed by atoms with Gasteiger partial charge in [0.25, 0.3) is 0 Å². The van der Waals surface area contributed by atoms with Crippen molar-refractivity contribution in [2.24, 2.45) is 5.92 Å². The first kappa shape index (κ1) is 15.8. The van der Waals surface area contributed by atoms with Gasteiger partial charge in [-0.2, -0.15) is 0 Å². The largest absolute Gasteiger partial charge is 0.497 e. The Morgan fingerprint density at radius 2 is 2.14 bits per heavy atom. The van der Waals surface area contributed by atoms with E-state index in [1.807, 2.05) is 24.3 Å². The van der Waals surface area contributed by atoms with E-state index in [9.17, 15) is 4.79 Å². The van der Waals surface area contributed by atoms with Gasteiger partial charge in [0.15, 0.2) is 0 Å². The van der Waals surface area contributed by atoms with Gasteiger partial charge < -0.3 is 15.4 Å². The number of nitrogens with one attached hydrogen (secondary N) is 2. The lowest BCUT2D eigenvalue weighted by Gasteiger charge is -2.32. The number of methoxy groups -OCH3 is 1. The zero-order valence-electron chi connectivity index (χ0n) is 13.0. The summed E-state index contributed by atoms with van der Waals surface area (Å²) in [5.41, 5.74) is 1.01. The highest BCUT2D eigenvalue weighted by Crippen LogP contribution is 2.19. The minimum Gasteiger partial charge on any atom is -0.497 e. The summed E-state index contributed by atoms with van der Waals surface area (Å²) in [6.07, 6.45) is 4.11. The normalized spacial score (nSPS) is 21.8. The zero-order chi connectivity index (χ0) is 15.1. The average molecular weight is 290 g/mol. The lowest BCUT2D eigenvalue weighted by Crippen LogP contribution is -2.48. The molecule has 0 aromatic heterocycles. The van der Waals surface area contributed by atoms with Gasteiger partial charge in [-0.15, -0.1) is 0 Å². The topological polar surface area (TPSA) is 50.4 Å². The van der Waals surface area contributed by atoms with Gasteiger partial charge in [0.05, 0.1) is 13.5 Å². The van der Waals surface area contributed by atoms with Crippen LogP contribution in [0.25, 0.3) is 0 Å². The predicted molar refractivity (Wildman–Crippen MR) is 84.5 cm³/mol. The molecular formula is C17H26N2O2. The highest BCUT2D eigenvalue weighted by molar-refractivity contribution is 5.78. The standard InChI is InChI=1S/C17H26N2O2/c1-3-14-5-4-10-18-16(14)12-19-17(20)11-13-6-8-15(21-2)9-7-13/h6-9,14,16,18H,3-5,10-12H2,1-2H3,(H,19,20). The van der Waals surface area contributed by atoms with Crippen molar-refractivity contribution in [3.05, 3.63) is 29.8 Å². The minimum atomic E-state index is 0.0855. The fraction of sp³-hybridized carbons (Fsp3) is 0.588. The van der Waals surface area contributed by atoms with Crippen LogP contribution in [0.1, 0.15) is 31.7 Å². The van der Waals surface area contributed by atoms with E-state index in [-0.39, 0.29) is 5.91 Å². The third kappa shape index (κ3) is 4.74. The van der Waals surface area contributed by atoms with Crippen molar-refractivity contribution >= 4 is 5.91 Å². The number of benzene rings is 1. The first-order valence-electron chi connectivity index (χ1n) is 7.86. The first-order chi connectivity index (χ1) is 10.2. The maximum atomic E-state index is 12.0. The van der Waals surface area contributed by atoms with Crippen molar-refractivity contribution in [2.75, 3.05) is 20.2 Å². The first-order valence-corrected chi connectivity index (χ1v) is 7.86. The van der Waals surface area contributed by atoms with Gasteiger partial charge in [-0.3, -0.25) is 4.79 Å². The number of carbonyl (C=O) groups excluding carboxylic acids is 1. The van der Waals surface area contributed by atoms with E-state index >= 15 is 0 Å². The summed E-state index contributed by atoms with van der Waals surface area (Å²) in [7, 11) is 1.64. The van der Waals surface area contributed by atoms with E-state index in [0.29, 0.717) is 18.4 Å². The van der Waals surface area contributed by atoms with E-state index in [4.69, 9.17) is 4.74 Å². The minimum absolute atomic E-state index is 0.0855. The molecule has 2 unspecified atom stereocenters. The zero-order valence-corrected chi connectivity index (χ0v) is 13.0. The fourth-order valence-electron chi connectivity index (χ4n) is 2.96. The van der Waals surface area contributed by atoms with Gasteiger partial charge >= 0.3 is 0 Å². The monoisotopic (exact) mass is 290 g/mol. The molecule has 1 saturated heterocycles. The molecule has 1 aromatic rings. The quantitative estimate of drug-likeness (QED) is 0.844. The Hall–Kier alpha value is -1.55. The molecule has 0 spiro atoms. The van der Waals surface area contributed by atoms with Crippen LogP contribution >= 0.6 is 0 Å². The molecule has 4 nitrogen and oxygen atoms in total. The second-order valence-electron chi connectivity index (χ2n) is 5.70. The number of hydrogen-bond acceptors (Lipinski definition) is 3. The number of rotatable bonds is 6. The summed E-state index contributed by atoms with van der Waals surface area (Å²) in [4.78, 5) is 12.0. The number of ether oxygens (including phenoxy) is 1.